The number of pyridine rings is 1. The highest BCUT2D eigenvalue weighted by molar-refractivity contribution is 6.32. The number of ether oxygens (including phenoxy) is 1. The summed E-state index contributed by atoms with van der Waals surface area (Å²) >= 11 is 6.12. The average molecular weight is 334 g/mol. The van der Waals surface area contributed by atoms with E-state index in [0.717, 1.165) is 5.56 Å². The molecule has 0 radical (unpaired) electrons. The maximum Gasteiger partial charge on any atom is 0.320 e. The van der Waals surface area contributed by atoms with E-state index in [1.165, 1.54) is 6.20 Å². The summed E-state index contributed by atoms with van der Waals surface area (Å²) in [7, 11) is 0. The molecule has 0 fully saturated rings. The maximum atomic E-state index is 12.1. The summed E-state index contributed by atoms with van der Waals surface area (Å²) in [6, 6.07) is 8.29. The standard InChI is InChI=1S/C16H16ClN3O3/c17-12-3-1-2-11-13(6-7-23-15(11)12)19-16(22)20-14-5-4-10(9-21)8-18-14/h1-5,8,13,21H,6-7,9H2,(H2,18,19,20,22)/t13-/m0/s1. The molecule has 2 heterocycles. The molecule has 3 rings (SSSR count). The first-order valence-electron chi connectivity index (χ1n) is 7.22. The lowest BCUT2D eigenvalue weighted by molar-refractivity contribution is 0.232. The Kier molecular flexibility index (Phi) is 4.64. The Labute approximate surface area is 138 Å². The van der Waals surface area contributed by atoms with Crippen LogP contribution < -0.4 is 15.4 Å². The molecule has 1 aliphatic heterocycles. The topological polar surface area (TPSA) is 83.5 Å². The molecule has 0 aliphatic carbocycles. The smallest absolute Gasteiger partial charge is 0.320 e. The summed E-state index contributed by atoms with van der Waals surface area (Å²) in [5.74, 6) is 1.04. The Morgan fingerprint density at radius 3 is 3.00 bits per heavy atom. The van der Waals surface area contributed by atoms with Crippen LogP contribution >= 0.6 is 11.6 Å². The summed E-state index contributed by atoms with van der Waals surface area (Å²) < 4.78 is 5.57. The van der Waals surface area contributed by atoms with Crippen molar-refractivity contribution in [2.45, 2.75) is 19.1 Å². The highest BCUT2D eigenvalue weighted by Gasteiger charge is 2.24. The number of nitrogens with zero attached hydrogens (tertiary/aromatic N) is 1. The van der Waals surface area contributed by atoms with E-state index < -0.39 is 0 Å². The minimum atomic E-state index is -0.355. The molecule has 7 heteroatoms. The Morgan fingerprint density at radius 2 is 2.26 bits per heavy atom. The third kappa shape index (κ3) is 3.55. The summed E-state index contributed by atoms with van der Waals surface area (Å²) in [5.41, 5.74) is 1.55. The highest BCUT2D eigenvalue weighted by Crippen LogP contribution is 2.37. The number of rotatable bonds is 3. The lowest BCUT2D eigenvalue weighted by atomic mass is 10.0. The van der Waals surface area contributed by atoms with E-state index in [-0.39, 0.29) is 18.7 Å². The van der Waals surface area contributed by atoms with Gasteiger partial charge in [0.1, 0.15) is 11.6 Å². The largest absolute Gasteiger partial charge is 0.492 e. The third-order valence-corrected chi connectivity index (χ3v) is 3.88. The fourth-order valence-corrected chi connectivity index (χ4v) is 2.68. The van der Waals surface area contributed by atoms with Gasteiger partial charge in [-0.2, -0.15) is 0 Å². The maximum absolute atomic E-state index is 12.1. The van der Waals surface area contributed by atoms with E-state index in [2.05, 4.69) is 15.6 Å². The molecule has 1 aliphatic rings. The van der Waals surface area contributed by atoms with Crippen molar-refractivity contribution in [3.63, 3.8) is 0 Å². The predicted octanol–water partition coefficient (Wildman–Crippen LogP) is 2.87. The van der Waals surface area contributed by atoms with Crippen LogP contribution in [-0.2, 0) is 6.61 Å². The monoisotopic (exact) mass is 333 g/mol. The molecule has 6 nitrogen and oxygen atoms in total. The van der Waals surface area contributed by atoms with Gasteiger partial charge in [0.2, 0.25) is 0 Å². The number of benzene rings is 1. The van der Waals surface area contributed by atoms with E-state index in [1.807, 2.05) is 12.1 Å². The number of hydrogen-bond acceptors (Lipinski definition) is 4. The van der Waals surface area contributed by atoms with Gasteiger partial charge in [0.15, 0.2) is 0 Å². The zero-order valence-corrected chi connectivity index (χ0v) is 13.0. The number of aliphatic hydroxyl groups excluding tert-OH is 1. The van der Waals surface area contributed by atoms with Crippen LogP contribution in [0.15, 0.2) is 36.5 Å². The minimum absolute atomic E-state index is 0.0842. The van der Waals surface area contributed by atoms with Crippen LogP contribution in [0.1, 0.15) is 23.6 Å². The van der Waals surface area contributed by atoms with Gasteiger partial charge in [0.05, 0.1) is 24.3 Å². The second-order valence-corrected chi connectivity index (χ2v) is 5.56. The zero-order chi connectivity index (χ0) is 16.2. The fourth-order valence-electron chi connectivity index (χ4n) is 2.44. The third-order valence-electron chi connectivity index (χ3n) is 3.58. The van der Waals surface area contributed by atoms with Crippen molar-refractivity contribution >= 4 is 23.4 Å². The van der Waals surface area contributed by atoms with Gasteiger partial charge < -0.3 is 15.2 Å². The number of amides is 2. The van der Waals surface area contributed by atoms with Crippen molar-refractivity contribution in [1.82, 2.24) is 10.3 Å². The number of hydrogen-bond donors (Lipinski definition) is 3. The van der Waals surface area contributed by atoms with Crippen LogP contribution in [0, 0.1) is 0 Å². The van der Waals surface area contributed by atoms with Crippen LogP contribution in [0.25, 0.3) is 0 Å². The number of urea groups is 1. The first-order valence-corrected chi connectivity index (χ1v) is 7.59. The molecular formula is C16H16ClN3O3. The van der Waals surface area contributed by atoms with E-state index in [9.17, 15) is 4.79 Å². The van der Waals surface area contributed by atoms with Gasteiger partial charge in [-0.1, -0.05) is 29.8 Å². The van der Waals surface area contributed by atoms with Crippen molar-refractivity contribution in [2.75, 3.05) is 11.9 Å². The SMILES string of the molecule is O=C(Nc1ccc(CO)cn1)N[C@H]1CCOc2c(Cl)cccc21. The number of halogens is 1. The number of anilines is 1. The lowest BCUT2D eigenvalue weighted by Crippen LogP contribution is -2.35. The molecule has 0 saturated carbocycles. The molecular weight excluding hydrogens is 318 g/mol. The normalized spacial score (nSPS) is 16.2. The van der Waals surface area contributed by atoms with Gasteiger partial charge in [-0.05, 0) is 17.7 Å². The van der Waals surface area contributed by atoms with E-state index in [1.54, 1.807) is 18.2 Å². The van der Waals surface area contributed by atoms with Gasteiger partial charge in [-0.3, -0.25) is 5.32 Å². The molecule has 1 aromatic carbocycles. The quantitative estimate of drug-likeness (QED) is 0.806. The summed E-state index contributed by atoms with van der Waals surface area (Å²) in [6.07, 6.45) is 2.18. The molecule has 23 heavy (non-hydrogen) atoms. The Balaban J connectivity index is 1.68. The van der Waals surface area contributed by atoms with E-state index >= 15 is 0 Å². The van der Waals surface area contributed by atoms with Gasteiger partial charge in [0.25, 0.3) is 0 Å². The lowest BCUT2D eigenvalue weighted by Gasteiger charge is -2.27. The molecule has 0 unspecified atom stereocenters. The van der Waals surface area contributed by atoms with Gasteiger partial charge in [-0.25, -0.2) is 9.78 Å². The molecule has 2 aromatic rings. The number of nitrogens with one attached hydrogen (secondary N) is 2. The van der Waals surface area contributed by atoms with Crippen LogP contribution in [-0.4, -0.2) is 22.7 Å². The molecule has 1 atom stereocenters. The molecule has 3 N–H and O–H groups in total. The molecule has 0 saturated heterocycles. The second-order valence-electron chi connectivity index (χ2n) is 5.16. The zero-order valence-electron chi connectivity index (χ0n) is 12.3. The number of carbonyl (C=O) groups is 1. The molecule has 0 bridgehead atoms. The highest BCUT2D eigenvalue weighted by atomic mass is 35.5. The van der Waals surface area contributed by atoms with E-state index in [0.29, 0.717) is 35.2 Å². The van der Waals surface area contributed by atoms with E-state index in [4.69, 9.17) is 21.4 Å². The van der Waals surface area contributed by atoms with Crippen LogP contribution in [0.4, 0.5) is 10.6 Å². The number of carbonyl (C=O) groups excluding carboxylic acids is 1. The van der Waals surface area contributed by atoms with Crippen molar-refractivity contribution in [1.29, 1.82) is 0 Å². The van der Waals surface area contributed by atoms with Gasteiger partial charge >= 0.3 is 6.03 Å². The first-order chi connectivity index (χ1) is 11.2. The number of aromatic nitrogens is 1. The van der Waals surface area contributed by atoms with Gasteiger partial charge in [-0.15, -0.1) is 0 Å². The second kappa shape index (κ2) is 6.85. The number of para-hydroxylation sites is 1. The van der Waals surface area contributed by atoms with Crippen molar-refractivity contribution in [3.05, 3.63) is 52.7 Å². The molecule has 0 spiro atoms. The van der Waals surface area contributed by atoms with Crippen LogP contribution in [0.3, 0.4) is 0 Å². The minimum Gasteiger partial charge on any atom is -0.492 e. The predicted molar refractivity (Wildman–Crippen MR) is 86.6 cm³/mol. The van der Waals surface area contributed by atoms with Crippen LogP contribution in [0.5, 0.6) is 5.75 Å². The number of aliphatic hydroxyl groups is 1. The Bertz CT molecular complexity index is 706. The Morgan fingerprint density at radius 1 is 1.39 bits per heavy atom. The Hall–Kier alpha value is -2.31. The summed E-state index contributed by atoms with van der Waals surface area (Å²) in [6.45, 7) is 0.407. The first kappa shape index (κ1) is 15.6. The van der Waals surface area contributed by atoms with Crippen molar-refractivity contribution in [3.8, 4) is 5.75 Å². The average Bonchev–Trinajstić information content (AvgIpc) is 2.56. The number of fused-ring (bicyclic) bond motifs is 1. The van der Waals surface area contributed by atoms with Gasteiger partial charge in [0, 0.05) is 18.2 Å². The molecule has 1 aromatic heterocycles. The van der Waals surface area contributed by atoms with Crippen molar-refractivity contribution in [2.24, 2.45) is 0 Å². The molecule has 2 amide bonds. The summed E-state index contributed by atoms with van der Waals surface area (Å²) in [4.78, 5) is 16.2. The summed E-state index contributed by atoms with van der Waals surface area (Å²) in [5, 5.41) is 15.1. The van der Waals surface area contributed by atoms with Crippen molar-refractivity contribution < 1.29 is 14.6 Å². The van der Waals surface area contributed by atoms with Crippen LogP contribution in [0.2, 0.25) is 5.02 Å². The molecule has 120 valence electrons. The fraction of sp³-hybridized carbons (Fsp3) is 0.250.